The Balaban J connectivity index is 1.29. The molecule has 11 atom stereocenters. The number of amides is 1. The lowest BCUT2D eigenvalue weighted by Crippen LogP contribution is -2.67. The van der Waals surface area contributed by atoms with Gasteiger partial charge in [-0.05, 0) is 157 Å². The van der Waals surface area contributed by atoms with E-state index in [1.165, 1.54) is 12.1 Å². The van der Waals surface area contributed by atoms with Crippen molar-refractivity contribution in [3.8, 4) is 0 Å². The van der Waals surface area contributed by atoms with Crippen LogP contribution in [0.15, 0.2) is 36.4 Å². The van der Waals surface area contributed by atoms with Crippen LogP contribution in [0.4, 0.5) is 4.39 Å². The number of nitrogens with one attached hydrogen (secondary N) is 1. The highest BCUT2D eigenvalue weighted by atomic mass is 19.1. The molecule has 0 saturated heterocycles. The molecular weight excluding hydrogens is 641 g/mol. The molecule has 1 amide bonds. The maximum absolute atomic E-state index is 14.7. The summed E-state index contributed by atoms with van der Waals surface area (Å²) in [6, 6.07) is 5.66. The van der Waals surface area contributed by atoms with Gasteiger partial charge >= 0.3 is 5.97 Å². The fourth-order valence-corrected chi connectivity index (χ4v) is 13.6. The number of halogens is 1. The summed E-state index contributed by atoms with van der Waals surface area (Å²) in [4.78, 5) is 27.1. The van der Waals surface area contributed by atoms with E-state index in [1.54, 1.807) is 12.1 Å². The average Bonchev–Trinajstić information content (AvgIpc) is 3.47. The first kappa shape index (κ1) is 38.5. The van der Waals surface area contributed by atoms with Crippen molar-refractivity contribution in [2.24, 2.45) is 62.6 Å². The van der Waals surface area contributed by atoms with E-state index in [4.69, 9.17) is 4.74 Å². The topological polar surface area (TPSA) is 95.9 Å². The number of fused-ring (bicyclic) bond motifs is 7. The zero-order chi connectivity index (χ0) is 37.1. The summed E-state index contributed by atoms with van der Waals surface area (Å²) in [6.07, 6.45) is 10.6. The van der Waals surface area contributed by atoms with E-state index in [0.717, 1.165) is 75.3 Å². The van der Waals surface area contributed by atoms with Gasteiger partial charge in [0, 0.05) is 0 Å². The normalized spacial score (nSPS) is 40.4. The molecule has 0 radical (unpaired) electrons. The Bertz CT molecular complexity index is 1470. The van der Waals surface area contributed by atoms with Gasteiger partial charge in [0.25, 0.3) is 0 Å². The molecule has 51 heavy (non-hydrogen) atoms. The van der Waals surface area contributed by atoms with E-state index in [-0.39, 0.29) is 57.2 Å². The average molecular weight is 708 g/mol. The van der Waals surface area contributed by atoms with Crippen molar-refractivity contribution >= 4 is 11.9 Å². The molecule has 0 heterocycles. The highest BCUT2D eigenvalue weighted by Gasteiger charge is 2.72. The Kier molecular flexibility index (Phi) is 10.5. The summed E-state index contributed by atoms with van der Waals surface area (Å²) in [5.74, 6) is 0.429. The first-order valence-corrected chi connectivity index (χ1v) is 20.1. The molecule has 0 aliphatic heterocycles. The highest BCUT2D eigenvalue weighted by molar-refractivity contribution is 5.88. The Morgan fingerprint density at radius 3 is 2.29 bits per heavy atom. The maximum atomic E-state index is 14.7. The molecule has 0 bridgehead atoms. The number of carboxylic acid groups (broad SMARTS) is 1. The smallest absolute Gasteiger partial charge is 0.326 e. The zero-order valence-electron chi connectivity index (χ0n) is 32.5. The van der Waals surface area contributed by atoms with Gasteiger partial charge in [-0.1, -0.05) is 67.2 Å². The van der Waals surface area contributed by atoms with Crippen LogP contribution >= 0.6 is 0 Å². The summed E-state index contributed by atoms with van der Waals surface area (Å²) in [5.41, 5.74) is 1.63. The zero-order valence-corrected chi connectivity index (χ0v) is 32.5. The molecule has 1 aromatic rings. The lowest BCUT2D eigenvalue weighted by atomic mass is 9.32. The van der Waals surface area contributed by atoms with Crippen LogP contribution in [-0.2, 0) is 20.7 Å². The van der Waals surface area contributed by atoms with Crippen molar-refractivity contribution in [3.05, 3.63) is 47.8 Å². The molecule has 6 nitrogen and oxygen atoms in total. The maximum Gasteiger partial charge on any atom is 0.326 e. The molecule has 5 fully saturated rings. The molecule has 6 rings (SSSR count). The van der Waals surface area contributed by atoms with Gasteiger partial charge < -0.3 is 20.3 Å². The second-order valence-corrected chi connectivity index (χ2v) is 19.5. The quantitative estimate of drug-likeness (QED) is 0.158. The van der Waals surface area contributed by atoms with E-state index in [0.29, 0.717) is 43.8 Å². The minimum absolute atomic E-state index is 0.0228. The number of aliphatic hydroxyl groups excluding tert-OH is 1. The third kappa shape index (κ3) is 6.32. The predicted octanol–water partition coefficient (Wildman–Crippen LogP) is 9.00. The largest absolute Gasteiger partial charge is 0.480 e. The lowest BCUT2D eigenvalue weighted by molar-refractivity contribution is -0.246. The van der Waals surface area contributed by atoms with Gasteiger partial charge in [-0.3, -0.25) is 4.79 Å². The molecule has 7 heteroatoms. The van der Waals surface area contributed by atoms with Crippen LogP contribution in [0.1, 0.15) is 125 Å². The molecule has 1 aromatic carbocycles. The number of aliphatic hydroxyl groups is 1. The lowest BCUT2D eigenvalue weighted by Gasteiger charge is -2.72. The fourth-order valence-electron chi connectivity index (χ4n) is 13.6. The van der Waals surface area contributed by atoms with Crippen LogP contribution in [0.2, 0.25) is 0 Å². The second-order valence-electron chi connectivity index (χ2n) is 19.5. The molecule has 5 aliphatic rings. The number of benzene rings is 1. The standard InChI is InChI=1S/C44H66FNO5/c1-27(2)25-33(38(48)49)46-39(50)44-21-15-31(28(3)26-51-24-18-29-9-11-30(45)12-10-29)37(44)32-13-14-35-41(6)19-17-36(47)40(4,5)34(41)16-20-43(35,8)42(32,7)22-23-44/h9-12,27,31-37,47H,3,13-26H2,1-2,4-8H3,(H,46,50)(H,48,49)/t31-,32+,33-,34-,35?,36-,37+,41-,42+,43+,44-/m0/s1. The number of hydrogen-bond donors (Lipinski definition) is 3. The second kappa shape index (κ2) is 13.9. The SMILES string of the molecule is C=C(COCCc1ccc(F)cc1)[C@@H]1CC[C@]2(C(=O)N[C@@H](CC(C)C)C(=O)O)CC[C@]3(C)[C@H](CCC4[C@@]5(C)CC[C@H](O)C(C)(C)[C@@H]5CC[C@]43C)[C@@H]12. The van der Waals surface area contributed by atoms with Crippen LogP contribution in [0.5, 0.6) is 0 Å². The van der Waals surface area contributed by atoms with Gasteiger partial charge in [0.1, 0.15) is 11.9 Å². The molecule has 5 saturated carbocycles. The van der Waals surface area contributed by atoms with Crippen LogP contribution < -0.4 is 5.32 Å². The van der Waals surface area contributed by atoms with Crippen molar-refractivity contribution in [2.75, 3.05) is 13.2 Å². The van der Waals surface area contributed by atoms with Gasteiger partial charge in [0.2, 0.25) is 5.91 Å². The summed E-state index contributed by atoms with van der Waals surface area (Å²) in [5, 5.41) is 24.4. The van der Waals surface area contributed by atoms with Gasteiger partial charge in [-0.25, -0.2) is 9.18 Å². The number of rotatable bonds is 11. The van der Waals surface area contributed by atoms with Crippen molar-refractivity contribution < 1.29 is 28.9 Å². The van der Waals surface area contributed by atoms with Crippen LogP contribution in [-0.4, -0.2) is 47.4 Å². The van der Waals surface area contributed by atoms with E-state index in [9.17, 15) is 24.2 Å². The van der Waals surface area contributed by atoms with Crippen molar-refractivity contribution in [2.45, 2.75) is 138 Å². The van der Waals surface area contributed by atoms with Crippen LogP contribution in [0.3, 0.4) is 0 Å². The van der Waals surface area contributed by atoms with Gasteiger partial charge in [0.05, 0.1) is 24.7 Å². The molecule has 284 valence electrons. The number of carbonyl (C=O) groups is 2. The van der Waals surface area contributed by atoms with Crippen molar-refractivity contribution in [3.63, 3.8) is 0 Å². The Hall–Kier alpha value is -2.25. The summed E-state index contributed by atoms with van der Waals surface area (Å²) >= 11 is 0. The number of carbonyl (C=O) groups excluding carboxylic acids is 1. The summed E-state index contributed by atoms with van der Waals surface area (Å²) in [6.45, 7) is 21.8. The summed E-state index contributed by atoms with van der Waals surface area (Å²) in [7, 11) is 0. The third-order valence-corrected chi connectivity index (χ3v) is 16.4. The van der Waals surface area contributed by atoms with Crippen LogP contribution in [0, 0.1) is 68.4 Å². The number of aliphatic carboxylic acids is 1. The van der Waals surface area contributed by atoms with E-state index in [1.807, 2.05) is 13.8 Å². The van der Waals surface area contributed by atoms with Gasteiger partial charge in [0.15, 0.2) is 0 Å². The Morgan fingerprint density at radius 1 is 0.922 bits per heavy atom. The fraction of sp³-hybridized carbons (Fsp3) is 0.773. The Labute approximate surface area is 306 Å². The number of carboxylic acids is 1. The monoisotopic (exact) mass is 707 g/mol. The van der Waals surface area contributed by atoms with Crippen molar-refractivity contribution in [1.82, 2.24) is 5.32 Å². The van der Waals surface area contributed by atoms with E-state index in [2.05, 4.69) is 46.5 Å². The predicted molar refractivity (Wildman–Crippen MR) is 199 cm³/mol. The minimum atomic E-state index is -0.960. The van der Waals surface area contributed by atoms with Crippen molar-refractivity contribution in [1.29, 1.82) is 0 Å². The summed E-state index contributed by atoms with van der Waals surface area (Å²) < 4.78 is 19.7. The van der Waals surface area contributed by atoms with E-state index < -0.39 is 17.4 Å². The third-order valence-electron chi connectivity index (χ3n) is 16.4. The number of ether oxygens (including phenoxy) is 1. The molecule has 3 N–H and O–H groups in total. The molecular formula is C44H66FNO5. The highest BCUT2D eigenvalue weighted by Crippen LogP contribution is 2.77. The Morgan fingerprint density at radius 2 is 1.63 bits per heavy atom. The van der Waals surface area contributed by atoms with E-state index >= 15 is 0 Å². The van der Waals surface area contributed by atoms with Gasteiger partial charge in [-0.15, -0.1) is 0 Å². The first-order valence-electron chi connectivity index (χ1n) is 20.1. The minimum Gasteiger partial charge on any atom is -0.480 e. The molecule has 0 spiro atoms. The van der Waals surface area contributed by atoms with Gasteiger partial charge in [-0.2, -0.15) is 0 Å². The molecule has 0 aromatic heterocycles. The molecule has 5 aliphatic carbocycles. The van der Waals surface area contributed by atoms with Crippen LogP contribution in [0.25, 0.3) is 0 Å². The number of hydrogen-bond acceptors (Lipinski definition) is 4. The molecule has 1 unspecified atom stereocenters. The first-order chi connectivity index (χ1) is 23.9.